The minimum absolute atomic E-state index is 0.0350. The average Bonchev–Trinajstić information content (AvgIpc) is 2.60. The third-order valence-corrected chi connectivity index (χ3v) is 2.58. The van der Waals surface area contributed by atoms with Crippen molar-refractivity contribution in [2.45, 2.75) is 26.3 Å². The van der Waals surface area contributed by atoms with Gasteiger partial charge < -0.3 is 15.0 Å². The SMILES string of the molecule is CC(=O)c1cc(C(=O)NC(C)CCO)n(C)c1. The van der Waals surface area contributed by atoms with E-state index in [0.717, 1.165) is 0 Å². The number of aryl methyl sites for hydroxylation is 1. The molecule has 1 heterocycles. The first-order chi connectivity index (χ1) is 7.95. The molecule has 0 saturated carbocycles. The lowest BCUT2D eigenvalue weighted by Gasteiger charge is -2.12. The molecule has 94 valence electrons. The summed E-state index contributed by atoms with van der Waals surface area (Å²) in [6.07, 6.45) is 2.14. The third-order valence-electron chi connectivity index (χ3n) is 2.58. The van der Waals surface area contributed by atoms with Gasteiger partial charge in [0.15, 0.2) is 5.78 Å². The second kappa shape index (κ2) is 5.63. The van der Waals surface area contributed by atoms with Crippen LogP contribution in [0.4, 0.5) is 0 Å². The Hall–Kier alpha value is -1.62. The number of carbonyl (C=O) groups excluding carboxylic acids is 2. The van der Waals surface area contributed by atoms with E-state index in [0.29, 0.717) is 17.7 Å². The molecule has 2 N–H and O–H groups in total. The Kier molecular flexibility index (Phi) is 4.45. The lowest BCUT2D eigenvalue weighted by atomic mass is 10.2. The monoisotopic (exact) mass is 238 g/mol. The summed E-state index contributed by atoms with van der Waals surface area (Å²) in [6.45, 7) is 3.32. The first kappa shape index (κ1) is 13.4. The molecule has 0 saturated heterocycles. The Morgan fingerprint density at radius 1 is 1.53 bits per heavy atom. The predicted octanol–water partition coefficient (Wildman–Crippen LogP) is 0.728. The van der Waals surface area contributed by atoms with Gasteiger partial charge in [-0.1, -0.05) is 0 Å². The summed E-state index contributed by atoms with van der Waals surface area (Å²) in [5, 5.41) is 11.5. The number of Topliss-reactive ketones (excluding diaryl/α,β-unsaturated/α-hetero) is 1. The lowest BCUT2D eigenvalue weighted by Crippen LogP contribution is -2.34. The molecule has 1 amide bonds. The molecule has 1 atom stereocenters. The van der Waals surface area contributed by atoms with E-state index in [9.17, 15) is 9.59 Å². The zero-order valence-electron chi connectivity index (χ0n) is 10.4. The zero-order valence-corrected chi connectivity index (χ0v) is 10.4. The number of amides is 1. The topological polar surface area (TPSA) is 71.3 Å². The van der Waals surface area contributed by atoms with Crippen LogP contribution in [-0.4, -0.2) is 34.0 Å². The second-order valence-corrected chi connectivity index (χ2v) is 4.17. The maximum absolute atomic E-state index is 11.9. The predicted molar refractivity (Wildman–Crippen MR) is 64.0 cm³/mol. The summed E-state index contributed by atoms with van der Waals surface area (Å²) < 4.78 is 1.62. The molecule has 0 aromatic carbocycles. The molecule has 17 heavy (non-hydrogen) atoms. The Balaban J connectivity index is 2.78. The lowest BCUT2D eigenvalue weighted by molar-refractivity contribution is 0.0926. The first-order valence-electron chi connectivity index (χ1n) is 5.54. The van der Waals surface area contributed by atoms with Gasteiger partial charge in [0.1, 0.15) is 5.69 Å². The van der Waals surface area contributed by atoms with E-state index in [4.69, 9.17) is 5.11 Å². The molecule has 1 unspecified atom stereocenters. The normalized spacial score (nSPS) is 12.2. The van der Waals surface area contributed by atoms with Crippen LogP contribution < -0.4 is 5.32 Å². The summed E-state index contributed by atoms with van der Waals surface area (Å²) in [6, 6.07) is 1.48. The van der Waals surface area contributed by atoms with Gasteiger partial charge in [0.2, 0.25) is 0 Å². The summed E-state index contributed by atoms with van der Waals surface area (Å²) >= 11 is 0. The number of ketones is 1. The average molecular weight is 238 g/mol. The van der Waals surface area contributed by atoms with E-state index in [2.05, 4.69) is 5.32 Å². The fourth-order valence-electron chi connectivity index (χ4n) is 1.55. The summed E-state index contributed by atoms with van der Waals surface area (Å²) in [5.74, 6) is -0.302. The van der Waals surface area contributed by atoms with Gasteiger partial charge in [-0.3, -0.25) is 9.59 Å². The van der Waals surface area contributed by atoms with Crippen molar-refractivity contribution in [2.75, 3.05) is 6.61 Å². The molecule has 1 rings (SSSR count). The fraction of sp³-hybridized carbons (Fsp3) is 0.500. The first-order valence-corrected chi connectivity index (χ1v) is 5.54. The van der Waals surface area contributed by atoms with Gasteiger partial charge in [-0.25, -0.2) is 0 Å². The molecule has 0 bridgehead atoms. The van der Waals surface area contributed by atoms with Gasteiger partial charge in [0.25, 0.3) is 5.91 Å². The molecule has 5 nitrogen and oxygen atoms in total. The fourth-order valence-corrected chi connectivity index (χ4v) is 1.55. The van der Waals surface area contributed by atoms with Crippen molar-refractivity contribution in [3.63, 3.8) is 0 Å². The Bertz CT molecular complexity index is 423. The highest BCUT2D eigenvalue weighted by molar-refractivity contribution is 5.99. The number of aromatic nitrogens is 1. The quantitative estimate of drug-likeness (QED) is 0.743. The molecule has 0 aliphatic heterocycles. The van der Waals surface area contributed by atoms with Crippen LogP contribution in [0.2, 0.25) is 0 Å². The van der Waals surface area contributed by atoms with Crippen molar-refractivity contribution in [3.8, 4) is 0 Å². The highest BCUT2D eigenvalue weighted by Crippen LogP contribution is 2.08. The van der Waals surface area contributed by atoms with Crippen LogP contribution in [-0.2, 0) is 7.05 Å². The summed E-state index contributed by atoms with van der Waals surface area (Å²) in [5.41, 5.74) is 0.965. The van der Waals surface area contributed by atoms with E-state index >= 15 is 0 Å². The molecule has 1 aromatic rings. The van der Waals surface area contributed by atoms with Crippen LogP contribution in [0.5, 0.6) is 0 Å². The smallest absolute Gasteiger partial charge is 0.268 e. The van der Waals surface area contributed by atoms with Crippen LogP contribution in [0.1, 0.15) is 41.1 Å². The molecule has 0 fully saturated rings. The van der Waals surface area contributed by atoms with Crippen molar-refractivity contribution >= 4 is 11.7 Å². The molecular weight excluding hydrogens is 220 g/mol. The van der Waals surface area contributed by atoms with Gasteiger partial charge >= 0.3 is 0 Å². The van der Waals surface area contributed by atoms with Crippen molar-refractivity contribution < 1.29 is 14.7 Å². The van der Waals surface area contributed by atoms with Gasteiger partial charge in [0.05, 0.1) is 0 Å². The highest BCUT2D eigenvalue weighted by Gasteiger charge is 2.15. The van der Waals surface area contributed by atoms with E-state index in [1.165, 1.54) is 6.92 Å². The van der Waals surface area contributed by atoms with Gasteiger partial charge in [-0.15, -0.1) is 0 Å². The van der Waals surface area contributed by atoms with Crippen LogP contribution in [0.25, 0.3) is 0 Å². The maximum Gasteiger partial charge on any atom is 0.268 e. The number of aliphatic hydroxyl groups excluding tert-OH is 1. The van der Waals surface area contributed by atoms with E-state index in [-0.39, 0.29) is 24.3 Å². The van der Waals surface area contributed by atoms with E-state index in [1.54, 1.807) is 23.9 Å². The van der Waals surface area contributed by atoms with E-state index in [1.807, 2.05) is 6.92 Å². The zero-order chi connectivity index (χ0) is 13.0. The van der Waals surface area contributed by atoms with Crippen molar-refractivity contribution in [1.82, 2.24) is 9.88 Å². The number of aliphatic hydroxyl groups is 1. The number of nitrogens with zero attached hydrogens (tertiary/aromatic N) is 1. The van der Waals surface area contributed by atoms with Crippen LogP contribution in [0.15, 0.2) is 12.3 Å². The summed E-state index contributed by atoms with van der Waals surface area (Å²) in [7, 11) is 1.72. The van der Waals surface area contributed by atoms with E-state index < -0.39 is 0 Å². The molecule has 0 radical (unpaired) electrons. The molecule has 0 spiro atoms. The standard InChI is InChI=1S/C12H18N2O3/c1-8(4-5-15)13-12(17)11-6-10(9(2)16)7-14(11)3/h6-8,15H,4-5H2,1-3H3,(H,13,17). The van der Waals surface area contributed by atoms with Crippen LogP contribution in [0.3, 0.4) is 0 Å². The summed E-state index contributed by atoms with van der Waals surface area (Å²) in [4.78, 5) is 23.0. The van der Waals surface area contributed by atoms with Crippen molar-refractivity contribution in [1.29, 1.82) is 0 Å². The Labute approximate surface area is 100 Å². The second-order valence-electron chi connectivity index (χ2n) is 4.17. The number of carbonyl (C=O) groups is 2. The van der Waals surface area contributed by atoms with Crippen LogP contribution in [0, 0.1) is 0 Å². The maximum atomic E-state index is 11.9. The van der Waals surface area contributed by atoms with Gasteiger partial charge in [0, 0.05) is 31.5 Å². The Morgan fingerprint density at radius 2 is 2.18 bits per heavy atom. The van der Waals surface area contributed by atoms with Gasteiger partial charge in [-0.05, 0) is 26.3 Å². The van der Waals surface area contributed by atoms with Crippen molar-refractivity contribution in [3.05, 3.63) is 23.5 Å². The molecule has 0 aliphatic carbocycles. The largest absolute Gasteiger partial charge is 0.396 e. The Morgan fingerprint density at radius 3 is 2.65 bits per heavy atom. The molecule has 0 aliphatic rings. The highest BCUT2D eigenvalue weighted by atomic mass is 16.3. The minimum atomic E-state index is -0.235. The molecule has 1 aromatic heterocycles. The third kappa shape index (κ3) is 3.42. The number of nitrogens with one attached hydrogen (secondary N) is 1. The molecular formula is C12H18N2O3. The number of rotatable bonds is 5. The van der Waals surface area contributed by atoms with Gasteiger partial charge in [-0.2, -0.15) is 0 Å². The number of hydrogen-bond acceptors (Lipinski definition) is 3. The number of hydrogen-bond donors (Lipinski definition) is 2. The molecule has 5 heteroatoms. The van der Waals surface area contributed by atoms with Crippen LogP contribution >= 0.6 is 0 Å². The van der Waals surface area contributed by atoms with Crippen molar-refractivity contribution in [2.24, 2.45) is 7.05 Å². The minimum Gasteiger partial charge on any atom is -0.396 e.